The highest BCUT2D eigenvalue weighted by Crippen LogP contribution is 2.26. The van der Waals surface area contributed by atoms with E-state index in [-0.39, 0.29) is 43.0 Å². The van der Waals surface area contributed by atoms with Gasteiger partial charge in [-0.25, -0.2) is 4.39 Å². The van der Waals surface area contributed by atoms with E-state index in [0.29, 0.717) is 21.0 Å². The first-order valence-corrected chi connectivity index (χ1v) is 10.1. The van der Waals surface area contributed by atoms with Crippen LogP contribution in [0.4, 0.5) is 4.39 Å². The first-order chi connectivity index (χ1) is 14.4. The number of aromatic nitrogens is 1. The maximum Gasteiger partial charge on any atom is 0.295 e. The van der Waals surface area contributed by atoms with Gasteiger partial charge in [0.1, 0.15) is 5.82 Å². The van der Waals surface area contributed by atoms with Gasteiger partial charge in [-0.3, -0.25) is 14.4 Å². The fourth-order valence-electron chi connectivity index (χ4n) is 3.57. The van der Waals surface area contributed by atoms with Gasteiger partial charge in [-0.2, -0.15) is 0 Å². The maximum absolute atomic E-state index is 14.2. The highest BCUT2D eigenvalue weighted by molar-refractivity contribution is 7.80. The number of nitrogens with one attached hydrogen (secondary N) is 1. The van der Waals surface area contributed by atoms with Crippen molar-refractivity contribution in [2.75, 3.05) is 26.2 Å². The lowest BCUT2D eigenvalue weighted by molar-refractivity contribution is -0.127. The number of hydrogen-bond acceptors (Lipinski definition) is 4. The van der Waals surface area contributed by atoms with E-state index in [1.807, 2.05) is 0 Å². The second kappa shape index (κ2) is 8.12. The standard InChI is InChI=1S/C21H17ClFN3O3S/c22-13-3-1-6-16(30)18(13)20(28)25-7-9-26(10-8-25)21(29)19(27)12-11-24-15-5-2-4-14(23)17(12)15/h1-6,11,24,30H,7-10H2. The van der Waals surface area contributed by atoms with Crippen molar-refractivity contribution in [1.29, 1.82) is 0 Å². The van der Waals surface area contributed by atoms with Gasteiger partial charge in [-0.05, 0) is 24.3 Å². The van der Waals surface area contributed by atoms with Crippen molar-refractivity contribution in [2.45, 2.75) is 4.90 Å². The quantitative estimate of drug-likeness (QED) is 0.368. The number of hydrogen-bond donors (Lipinski definition) is 2. The molecular formula is C21H17ClFN3O3S. The highest BCUT2D eigenvalue weighted by atomic mass is 35.5. The number of halogens is 2. The molecule has 2 amide bonds. The average Bonchev–Trinajstić information content (AvgIpc) is 3.18. The van der Waals surface area contributed by atoms with Gasteiger partial charge in [0.2, 0.25) is 0 Å². The van der Waals surface area contributed by atoms with Crippen LogP contribution in [0.15, 0.2) is 47.5 Å². The summed E-state index contributed by atoms with van der Waals surface area (Å²) in [6.07, 6.45) is 1.35. The second-order valence-corrected chi connectivity index (χ2v) is 7.80. The van der Waals surface area contributed by atoms with Gasteiger partial charge in [-0.1, -0.05) is 23.7 Å². The topological polar surface area (TPSA) is 73.5 Å². The summed E-state index contributed by atoms with van der Waals surface area (Å²) in [7, 11) is 0. The Labute approximate surface area is 182 Å². The molecule has 0 aliphatic carbocycles. The molecular weight excluding hydrogens is 429 g/mol. The van der Waals surface area contributed by atoms with Gasteiger partial charge in [0, 0.05) is 48.2 Å². The zero-order chi connectivity index (χ0) is 21.4. The van der Waals surface area contributed by atoms with E-state index < -0.39 is 17.5 Å². The zero-order valence-corrected chi connectivity index (χ0v) is 17.3. The molecule has 1 saturated heterocycles. The zero-order valence-electron chi connectivity index (χ0n) is 15.7. The Bertz CT molecular complexity index is 1150. The van der Waals surface area contributed by atoms with Crippen molar-refractivity contribution in [3.8, 4) is 0 Å². The molecule has 1 aliphatic rings. The fraction of sp³-hybridized carbons (Fsp3) is 0.190. The summed E-state index contributed by atoms with van der Waals surface area (Å²) in [5, 5.41) is 0.409. The number of carbonyl (C=O) groups is 3. The van der Waals surface area contributed by atoms with Crippen LogP contribution >= 0.6 is 24.2 Å². The van der Waals surface area contributed by atoms with Crippen LogP contribution in [0.2, 0.25) is 5.02 Å². The average molecular weight is 446 g/mol. The number of piperazine rings is 1. The van der Waals surface area contributed by atoms with Crippen LogP contribution in [0.25, 0.3) is 10.9 Å². The molecule has 0 unspecified atom stereocenters. The summed E-state index contributed by atoms with van der Waals surface area (Å²) in [5.74, 6) is -2.35. The molecule has 1 fully saturated rings. The molecule has 6 nitrogen and oxygen atoms in total. The molecule has 2 heterocycles. The molecule has 0 radical (unpaired) electrons. The van der Waals surface area contributed by atoms with Crippen molar-refractivity contribution < 1.29 is 18.8 Å². The number of carbonyl (C=O) groups excluding carboxylic acids is 3. The summed E-state index contributed by atoms with van der Waals surface area (Å²) in [5.41, 5.74) is 0.763. The van der Waals surface area contributed by atoms with E-state index in [1.54, 1.807) is 29.2 Å². The summed E-state index contributed by atoms with van der Waals surface area (Å²) >= 11 is 10.4. The van der Waals surface area contributed by atoms with Crippen LogP contribution in [0, 0.1) is 5.82 Å². The third kappa shape index (κ3) is 3.57. The van der Waals surface area contributed by atoms with Gasteiger partial charge in [0.15, 0.2) is 0 Å². The monoisotopic (exact) mass is 445 g/mol. The van der Waals surface area contributed by atoms with Crippen molar-refractivity contribution in [1.82, 2.24) is 14.8 Å². The van der Waals surface area contributed by atoms with Gasteiger partial charge >= 0.3 is 0 Å². The summed E-state index contributed by atoms with van der Waals surface area (Å²) in [6, 6.07) is 9.40. The lowest BCUT2D eigenvalue weighted by Gasteiger charge is -2.34. The second-order valence-electron chi connectivity index (χ2n) is 6.91. The van der Waals surface area contributed by atoms with Crippen molar-refractivity contribution in [3.05, 3.63) is 64.6 Å². The molecule has 1 aromatic heterocycles. The number of nitrogens with zero attached hydrogens (tertiary/aromatic N) is 2. The maximum atomic E-state index is 14.2. The lowest BCUT2D eigenvalue weighted by atomic mass is 10.1. The molecule has 30 heavy (non-hydrogen) atoms. The van der Waals surface area contributed by atoms with E-state index in [9.17, 15) is 18.8 Å². The molecule has 9 heteroatoms. The molecule has 154 valence electrons. The van der Waals surface area contributed by atoms with E-state index in [0.717, 1.165) is 0 Å². The van der Waals surface area contributed by atoms with Gasteiger partial charge in [-0.15, -0.1) is 12.6 Å². The van der Waals surface area contributed by atoms with E-state index in [2.05, 4.69) is 17.6 Å². The Kier molecular flexibility index (Phi) is 5.53. The molecule has 0 saturated carbocycles. The number of benzene rings is 2. The lowest BCUT2D eigenvalue weighted by Crippen LogP contribution is -2.52. The number of aromatic amines is 1. The number of fused-ring (bicyclic) bond motifs is 1. The fourth-order valence-corrected chi connectivity index (χ4v) is 4.20. The minimum absolute atomic E-state index is 0.00221. The Hall–Kier alpha value is -2.84. The number of thiol groups is 1. The third-order valence-electron chi connectivity index (χ3n) is 5.15. The highest BCUT2D eigenvalue weighted by Gasteiger charge is 2.31. The number of H-pyrrole nitrogens is 1. The van der Waals surface area contributed by atoms with E-state index in [1.165, 1.54) is 23.2 Å². The predicted molar refractivity (Wildman–Crippen MR) is 114 cm³/mol. The molecule has 4 rings (SSSR count). The molecule has 0 spiro atoms. The summed E-state index contributed by atoms with van der Waals surface area (Å²) < 4.78 is 14.2. The molecule has 1 aliphatic heterocycles. The smallest absolute Gasteiger partial charge is 0.295 e. The van der Waals surface area contributed by atoms with Crippen LogP contribution in [-0.2, 0) is 4.79 Å². The minimum Gasteiger partial charge on any atom is -0.360 e. The van der Waals surface area contributed by atoms with Crippen molar-refractivity contribution >= 4 is 52.7 Å². The predicted octanol–water partition coefficient (Wildman–Crippen LogP) is 3.42. The molecule has 3 aromatic rings. The first-order valence-electron chi connectivity index (χ1n) is 9.24. The summed E-state index contributed by atoms with van der Waals surface area (Å²) in [4.78, 5) is 44.5. The van der Waals surface area contributed by atoms with Gasteiger partial charge < -0.3 is 14.8 Å². The number of Topliss-reactive ketones (excluding diaryl/α,β-unsaturated/α-hetero) is 1. The third-order valence-corrected chi connectivity index (χ3v) is 5.84. The SMILES string of the molecule is O=C(C(=O)N1CCN(C(=O)c2c(S)cccc2Cl)CC1)c1c[nH]c2cccc(F)c12. The first kappa shape index (κ1) is 20.4. The van der Waals surface area contributed by atoms with Gasteiger partial charge in [0.25, 0.3) is 17.6 Å². The number of rotatable bonds is 3. The van der Waals surface area contributed by atoms with Crippen LogP contribution < -0.4 is 0 Å². The number of ketones is 1. The molecule has 2 aromatic carbocycles. The normalized spacial score (nSPS) is 14.2. The van der Waals surface area contributed by atoms with E-state index in [4.69, 9.17) is 11.6 Å². The minimum atomic E-state index is -0.783. The van der Waals surface area contributed by atoms with Crippen LogP contribution in [0.5, 0.6) is 0 Å². The number of amides is 2. The Morgan fingerprint density at radius 3 is 2.37 bits per heavy atom. The Balaban J connectivity index is 1.47. The van der Waals surface area contributed by atoms with Crippen LogP contribution in [0.3, 0.4) is 0 Å². The molecule has 1 N–H and O–H groups in total. The van der Waals surface area contributed by atoms with Crippen LogP contribution in [-0.4, -0.2) is 58.6 Å². The van der Waals surface area contributed by atoms with E-state index >= 15 is 0 Å². The molecule has 0 bridgehead atoms. The van der Waals surface area contributed by atoms with Crippen LogP contribution in [0.1, 0.15) is 20.7 Å². The van der Waals surface area contributed by atoms with Gasteiger partial charge in [0.05, 0.1) is 16.1 Å². The van der Waals surface area contributed by atoms with Crippen molar-refractivity contribution in [3.63, 3.8) is 0 Å². The summed E-state index contributed by atoms with van der Waals surface area (Å²) in [6.45, 7) is 0.873. The Morgan fingerprint density at radius 1 is 1.00 bits per heavy atom. The molecule has 0 atom stereocenters. The van der Waals surface area contributed by atoms with Crippen molar-refractivity contribution in [2.24, 2.45) is 0 Å². The Morgan fingerprint density at radius 2 is 1.67 bits per heavy atom. The largest absolute Gasteiger partial charge is 0.360 e.